The first-order valence-corrected chi connectivity index (χ1v) is 3.30. The number of nitrogens with two attached hydrogens (primary N) is 1. The molecule has 62 valence electrons. The van der Waals surface area contributed by atoms with Crippen molar-refractivity contribution in [1.82, 2.24) is 0 Å². The van der Waals surface area contributed by atoms with Gasteiger partial charge in [0.2, 0.25) is 0 Å². The topological polar surface area (TPSA) is 66.5 Å². The Labute approximate surface area is 66.6 Å². The van der Waals surface area contributed by atoms with Gasteiger partial charge >= 0.3 is 0 Å². The lowest BCUT2D eigenvalue weighted by molar-refractivity contribution is 0.0438. The van der Waals surface area contributed by atoms with Crippen molar-refractivity contribution in [2.45, 2.75) is 25.0 Å². The van der Waals surface area contributed by atoms with Crippen LogP contribution in [0.4, 0.5) is 0 Å². The van der Waals surface area contributed by atoms with E-state index in [0.29, 0.717) is 25.3 Å². The Morgan fingerprint density at radius 3 is 1.80 bits per heavy atom. The van der Waals surface area contributed by atoms with Crippen LogP contribution in [0, 0.1) is 5.92 Å². The van der Waals surface area contributed by atoms with Gasteiger partial charge in [-0.05, 0) is 25.3 Å². The molecule has 1 aliphatic rings. The molecule has 10 heavy (non-hydrogen) atoms. The van der Waals surface area contributed by atoms with Crippen molar-refractivity contribution < 1.29 is 10.2 Å². The number of halogens is 1. The van der Waals surface area contributed by atoms with Gasteiger partial charge in [-0.15, -0.1) is 12.4 Å². The lowest BCUT2D eigenvalue weighted by Crippen LogP contribution is -2.17. The zero-order valence-electron chi connectivity index (χ0n) is 5.73. The second-order valence-electron chi connectivity index (χ2n) is 2.71. The van der Waals surface area contributed by atoms with E-state index in [4.69, 9.17) is 15.9 Å². The molecular formula is C6H14ClNO2. The summed E-state index contributed by atoms with van der Waals surface area (Å²) in [5, 5.41) is 18.0. The summed E-state index contributed by atoms with van der Waals surface area (Å²) in [4.78, 5) is 0. The molecule has 0 radical (unpaired) electrons. The fraction of sp³-hybridized carbons (Fsp3) is 1.00. The van der Waals surface area contributed by atoms with E-state index in [1.54, 1.807) is 0 Å². The molecule has 0 amide bonds. The molecule has 1 fully saturated rings. The van der Waals surface area contributed by atoms with Gasteiger partial charge in [-0.3, -0.25) is 0 Å². The zero-order chi connectivity index (χ0) is 6.85. The highest BCUT2D eigenvalue weighted by Gasteiger charge is 2.29. The van der Waals surface area contributed by atoms with E-state index < -0.39 is 12.2 Å². The Bertz CT molecular complexity index is 91.7. The minimum absolute atomic E-state index is 0. The molecule has 1 rings (SSSR count). The summed E-state index contributed by atoms with van der Waals surface area (Å²) >= 11 is 0. The normalized spacial score (nSPS) is 39.3. The first-order valence-electron chi connectivity index (χ1n) is 3.30. The molecule has 0 aromatic rings. The van der Waals surface area contributed by atoms with Crippen LogP contribution in [0.3, 0.4) is 0 Å². The van der Waals surface area contributed by atoms with Crippen LogP contribution in [0.5, 0.6) is 0 Å². The largest absolute Gasteiger partial charge is 0.390 e. The predicted molar refractivity (Wildman–Crippen MR) is 41.0 cm³/mol. The molecule has 3 nitrogen and oxygen atoms in total. The highest BCUT2D eigenvalue weighted by atomic mass is 35.5. The molecule has 0 spiro atoms. The van der Waals surface area contributed by atoms with Gasteiger partial charge < -0.3 is 15.9 Å². The van der Waals surface area contributed by atoms with Gasteiger partial charge in [0.05, 0.1) is 12.2 Å². The second-order valence-corrected chi connectivity index (χ2v) is 2.71. The van der Waals surface area contributed by atoms with Crippen LogP contribution in [0.1, 0.15) is 12.8 Å². The fourth-order valence-corrected chi connectivity index (χ4v) is 1.29. The average Bonchev–Trinajstić information content (AvgIpc) is 2.13. The maximum Gasteiger partial charge on any atom is 0.0802 e. The molecule has 0 bridgehead atoms. The number of aliphatic hydroxyl groups is 2. The molecule has 1 saturated carbocycles. The molecule has 0 aromatic heterocycles. The summed E-state index contributed by atoms with van der Waals surface area (Å²) in [7, 11) is 0. The van der Waals surface area contributed by atoms with Crippen molar-refractivity contribution in [2.75, 3.05) is 6.54 Å². The van der Waals surface area contributed by atoms with Crippen molar-refractivity contribution >= 4 is 12.4 Å². The summed E-state index contributed by atoms with van der Waals surface area (Å²) in [5.74, 6) is 0.329. The van der Waals surface area contributed by atoms with Crippen LogP contribution in [0.25, 0.3) is 0 Å². The van der Waals surface area contributed by atoms with Crippen molar-refractivity contribution in [3.05, 3.63) is 0 Å². The number of hydrogen-bond acceptors (Lipinski definition) is 3. The minimum atomic E-state index is -0.529. The Morgan fingerprint density at radius 1 is 1.20 bits per heavy atom. The molecule has 1 aliphatic carbocycles. The van der Waals surface area contributed by atoms with Crippen molar-refractivity contribution in [3.8, 4) is 0 Å². The van der Waals surface area contributed by atoms with Gasteiger partial charge in [0, 0.05) is 0 Å². The summed E-state index contributed by atoms with van der Waals surface area (Å²) in [6.45, 7) is 0.577. The van der Waals surface area contributed by atoms with Crippen molar-refractivity contribution in [1.29, 1.82) is 0 Å². The Hall–Kier alpha value is 0.170. The van der Waals surface area contributed by atoms with Gasteiger partial charge in [0.25, 0.3) is 0 Å². The van der Waals surface area contributed by atoms with Crippen LogP contribution in [-0.4, -0.2) is 29.0 Å². The average molecular weight is 168 g/mol. The SMILES string of the molecule is Cl.NCC1CC(O)C(O)C1. The maximum atomic E-state index is 8.99. The zero-order valence-corrected chi connectivity index (χ0v) is 6.55. The predicted octanol–water partition coefficient (Wildman–Crippen LogP) is -0.501. The van der Waals surface area contributed by atoms with Gasteiger partial charge in [-0.25, -0.2) is 0 Å². The second kappa shape index (κ2) is 4.13. The monoisotopic (exact) mass is 167 g/mol. The molecule has 4 heteroatoms. The summed E-state index contributed by atoms with van der Waals surface area (Å²) < 4.78 is 0. The van der Waals surface area contributed by atoms with Crippen LogP contribution < -0.4 is 5.73 Å². The van der Waals surface area contributed by atoms with Gasteiger partial charge in [0.15, 0.2) is 0 Å². The molecule has 0 saturated heterocycles. The fourth-order valence-electron chi connectivity index (χ4n) is 1.29. The molecule has 4 N–H and O–H groups in total. The Morgan fingerprint density at radius 2 is 1.60 bits per heavy atom. The van der Waals surface area contributed by atoms with Gasteiger partial charge in [-0.2, -0.15) is 0 Å². The number of rotatable bonds is 1. The van der Waals surface area contributed by atoms with Crippen LogP contribution in [0.2, 0.25) is 0 Å². The smallest absolute Gasteiger partial charge is 0.0802 e. The van der Waals surface area contributed by atoms with E-state index in [-0.39, 0.29) is 12.4 Å². The van der Waals surface area contributed by atoms with Crippen LogP contribution in [0.15, 0.2) is 0 Å². The third-order valence-corrected chi connectivity index (χ3v) is 1.93. The van der Waals surface area contributed by atoms with E-state index in [0.717, 1.165) is 0 Å². The first-order chi connectivity index (χ1) is 4.24. The lowest BCUT2D eigenvalue weighted by Gasteiger charge is -2.03. The van der Waals surface area contributed by atoms with Crippen LogP contribution >= 0.6 is 12.4 Å². The Kier molecular flexibility index (Phi) is 4.20. The van der Waals surface area contributed by atoms with E-state index in [9.17, 15) is 0 Å². The van der Waals surface area contributed by atoms with Crippen LogP contribution in [-0.2, 0) is 0 Å². The third-order valence-electron chi connectivity index (χ3n) is 1.93. The molecule has 0 aromatic carbocycles. The molecule has 0 heterocycles. The molecule has 2 unspecified atom stereocenters. The van der Waals surface area contributed by atoms with E-state index in [2.05, 4.69) is 0 Å². The molecule has 0 aliphatic heterocycles. The minimum Gasteiger partial charge on any atom is -0.390 e. The summed E-state index contributed by atoms with van der Waals surface area (Å²) in [6, 6.07) is 0. The highest BCUT2D eigenvalue weighted by Crippen LogP contribution is 2.24. The van der Waals surface area contributed by atoms with E-state index >= 15 is 0 Å². The van der Waals surface area contributed by atoms with Gasteiger partial charge in [-0.1, -0.05) is 0 Å². The van der Waals surface area contributed by atoms with E-state index in [1.165, 1.54) is 0 Å². The first kappa shape index (κ1) is 10.2. The molecular weight excluding hydrogens is 154 g/mol. The quantitative estimate of drug-likeness (QED) is 0.493. The summed E-state index contributed by atoms with van der Waals surface area (Å²) in [5.41, 5.74) is 5.34. The lowest BCUT2D eigenvalue weighted by atomic mass is 10.1. The molecule has 2 atom stereocenters. The maximum absolute atomic E-state index is 8.99. The standard InChI is InChI=1S/C6H13NO2.ClH/c7-3-4-1-5(8)6(9)2-4;/h4-6,8-9H,1-3,7H2;1H. The Balaban J connectivity index is 0.000000810. The van der Waals surface area contributed by atoms with Crippen molar-refractivity contribution in [3.63, 3.8) is 0 Å². The highest BCUT2D eigenvalue weighted by molar-refractivity contribution is 5.85. The number of aliphatic hydroxyl groups excluding tert-OH is 2. The third kappa shape index (κ3) is 2.09. The van der Waals surface area contributed by atoms with E-state index in [1.807, 2.05) is 0 Å². The summed E-state index contributed by atoms with van der Waals surface area (Å²) in [6.07, 6.45) is 0.270. The van der Waals surface area contributed by atoms with Gasteiger partial charge in [0.1, 0.15) is 0 Å². The van der Waals surface area contributed by atoms with Crippen molar-refractivity contribution in [2.24, 2.45) is 11.7 Å². The number of hydrogen-bond donors (Lipinski definition) is 3.